The van der Waals surface area contributed by atoms with Gasteiger partial charge in [-0.05, 0) is 41.2 Å². The van der Waals surface area contributed by atoms with Gasteiger partial charge in [-0.15, -0.1) is 0 Å². The van der Waals surface area contributed by atoms with Crippen molar-refractivity contribution in [1.29, 1.82) is 5.26 Å². The first-order valence-electron chi connectivity index (χ1n) is 11.8. The summed E-state index contributed by atoms with van der Waals surface area (Å²) in [6, 6.07) is 21.9. The van der Waals surface area contributed by atoms with Crippen LogP contribution in [-0.2, 0) is 10.3 Å². The van der Waals surface area contributed by atoms with Crippen molar-refractivity contribution in [2.45, 2.75) is 49.3 Å². The molecular formula is C28H25N3O3. The van der Waals surface area contributed by atoms with Crippen LogP contribution < -0.4 is 0 Å². The Morgan fingerprint density at radius 1 is 1.03 bits per heavy atom. The van der Waals surface area contributed by atoms with Gasteiger partial charge in [0.2, 0.25) is 0 Å². The van der Waals surface area contributed by atoms with Crippen LogP contribution in [0.15, 0.2) is 66.9 Å². The Labute approximate surface area is 198 Å². The first kappa shape index (κ1) is 20.9. The van der Waals surface area contributed by atoms with Gasteiger partial charge in [0.25, 0.3) is 0 Å². The molecule has 3 aliphatic rings. The minimum atomic E-state index is -1.05. The largest absolute Gasteiger partial charge is 0.448 e. The molecule has 3 aromatic rings. The summed E-state index contributed by atoms with van der Waals surface area (Å²) in [4.78, 5) is 19.2. The maximum Gasteiger partial charge on any atom is 0.410 e. The number of amides is 1. The van der Waals surface area contributed by atoms with E-state index in [9.17, 15) is 9.90 Å². The summed E-state index contributed by atoms with van der Waals surface area (Å²) < 4.78 is 5.92. The minimum Gasteiger partial charge on any atom is -0.448 e. The average Bonchev–Trinajstić information content (AvgIpc) is 3.34. The highest BCUT2D eigenvalue weighted by atomic mass is 16.6. The monoisotopic (exact) mass is 451 g/mol. The molecule has 1 amide bonds. The lowest BCUT2D eigenvalue weighted by atomic mass is 9.81. The normalized spacial score (nSPS) is 24.9. The molecule has 2 atom stereocenters. The summed E-state index contributed by atoms with van der Waals surface area (Å²) in [5, 5.41) is 20.4. The lowest BCUT2D eigenvalue weighted by Gasteiger charge is -2.43. The molecule has 34 heavy (non-hydrogen) atoms. The number of carbonyl (C=O) groups is 1. The fraction of sp³-hybridized carbons (Fsp3) is 0.321. The Balaban J connectivity index is 1.18. The Bertz CT molecular complexity index is 1240. The van der Waals surface area contributed by atoms with Gasteiger partial charge in [-0.3, -0.25) is 0 Å². The molecule has 0 saturated carbocycles. The zero-order valence-corrected chi connectivity index (χ0v) is 18.7. The summed E-state index contributed by atoms with van der Waals surface area (Å²) >= 11 is 0. The van der Waals surface area contributed by atoms with Gasteiger partial charge < -0.3 is 14.7 Å². The van der Waals surface area contributed by atoms with Crippen LogP contribution in [0.25, 0.3) is 11.1 Å². The molecule has 2 aromatic carbocycles. The van der Waals surface area contributed by atoms with Gasteiger partial charge in [-0.1, -0.05) is 54.6 Å². The highest BCUT2D eigenvalue weighted by molar-refractivity contribution is 5.79. The fourth-order valence-electron chi connectivity index (χ4n) is 6.16. The van der Waals surface area contributed by atoms with Crippen molar-refractivity contribution in [2.24, 2.45) is 0 Å². The third kappa shape index (κ3) is 3.27. The van der Waals surface area contributed by atoms with Crippen molar-refractivity contribution in [3.05, 3.63) is 89.2 Å². The summed E-state index contributed by atoms with van der Waals surface area (Å²) in [5.74, 6) is 0.0282. The van der Waals surface area contributed by atoms with Crippen molar-refractivity contribution in [3.63, 3.8) is 0 Å². The van der Waals surface area contributed by atoms with Crippen molar-refractivity contribution in [1.82, 2.24) is 9.88 Å². The standard InChI is InChI=1S/C28H25N3O3/c29-15-19-10-9-18(16-30-19)28(33)13-20-11-12-21(14-28)31(20)27(32)34-17-26-24-7-3-1-5-22(24)23-6-2-4-8-25(23)26/h1-10,16,20-21,26,33H,11-14,17H2. The molecule has 6 heteroatoms. The molecule has 1 aliphatic carbocycles. The van der Waals surface area contributed by atoms with Crippen molar-refractivity contribution >= 4 is 6.09 Å². The molecule has 1 aromatic heterocycles. The van der Waals surface area contributed by atoms with E-state index >= 15 is 0 Å². The van der Waals surface area contributed by atoms with Crippen molar-refractivity contribution in [3.8, 4) is 17.2 Å². The van der Waals surface area contributed by atoms with Gasteiger partial charge in [0.05, 0.1) is 5.60 Å². The zero-order valence-electron chi connectivity index (χ0n) is 18.7. The van der Waals surface area contributed by atoms with E-state index in [1.54, 1.807) is 18.3 Å². The SMILES string of the molecule is N#Cc1ccc(C2(O)CC3CCC(C2)N3C(=O)OCC2c3ccccc3-c3ccccc32)cn1. The maximum absolute atomic E-state index is 13.2. The van der Waals surface area contributed by atoms with Gasteiger partial charge >= 0.3 is 6.09 Å². The van der Waals surface area contributed by atoms with E-state index < -0.39 is 5.60 Å². The smallest absolute Gasteiger partial charge is 0.410 e. The number of hydrogen-bond donors (Lipinski definition) is 1. The van der Waals surface area contributed by atoms with Gasteiger partial charge in [-0.25, -0.2) is 9.78 Å². The van der Waals surface area contributed by atoms with E-state index in [1.807, 2.05) is 35.2 Å². The van der Waals surface area contributed by atoms with Crippen molar-refractivity contribution in [2.75, 3.05) is 6.61 Å². The third-order valence-electron chi connectivity index (χ3n) is 7.73. The Hall–Kier alpha value is -3.69. The maximum atomic E-state index is 13.2. The molecule has 0 radical (unpaired) electrons. The number of aromatic nitrogens is 1. The first-order chi connectivity index (χ1) is 16.6. The van der Waals surface area contributed by atoms with E-state index in [4.69, 9.17) is 10.00 Å². The molecule has 1 N–H and O–H groups in total. The second-order valence-electron chi connectivity index (χ2n) is 9.58. The van der Waals surface area contributed by atoms with E-state index in [-0.39, 0.29) is 24.1 Å². The minimum absolute atomic E-state index is 0.0282. The Morgan fingerprint density at radius 3 is 2.21 bits per heavy atom. The number of rotatable bonds is 3. The number of piperidine rings is 1. The molecule has 2 fully saturated rings. The number of ether oxygens (including phenoxy) is 1. The van der Waals surface area contributed by atoms with Crippen LogP contribution in [0.2, 0.25) is 0 Å². The molecule has 2 saturated heterocycles. The van der Waals surface area contributed by atoms with Crippen LogP contribution in [-0.4, -0.2) is 39.8 Å². The van der Waals surface area contributed by atoms with E-state index in [0.29, 0.717) is 30.7 Å². The molecule has 3 heterocycles. The number of carbonyl (C=O) groups excluding carboxylic acids is 1. The topological polar surface area (TPSA) is 86.5 Å². The van der Waals surface area contributed by atoms with Crippen LogP contribution in [0.3, 0.4) is 0 Å². The number of pyridine rings is 1. The molecule has 170 valence electrons. The molecule has 0 spiro atoms. The van der Waals surface area contributed by atoms with Gasteiger partial charge in [0.1, 0.15) is 18.4 Å². The zero-order chi connectivity index (χ0) is 23.3. The number of nitrogens with zero attached hydrogens (tertiary/aromatic N) is 3. The van der Waals surface area contributed by atoms with Gasteiger partial charge in [-0.2, -0.15) is 5.26 Å². The van der Waals surface area contributed by atoms with Crippen LogP contribution in [0, 0.1) is 11.3 Å². The fourth-order valence-corrected chi connectivity index (χ4v) is 6.16. The lowest BCUT2D eigenvalue weighted by molar-refractivity contribution is -0.0533. The second-order valence-corrected chi connectivity index (χ2v) is 9.58. The second kappa shape index (κ2) is 7.96. The molecule has 2 unspecified atom stereocenters. The summed E-state index contributed by atoms with van der Waals surface area (Å²) in [7, 11) is 0. The average molecular weight is 452 g/mol. The number of benzene rings is 2. The predicted octanol–water partition coefficient (Wildman–Crippen LogP) is 4.72. The highest BCUT2D eigenvalue weighted by Gasteiger charge is 2.51. The number of fused-ring (bicyclic) bond motifs is 5. The van der Waals surface area contributed by atoms with E-state index in [1.165, 1.54) is 22.3 Å². The van der Waals surface area contributed by atoms with Crippen LogP contribution >= 0.6 is 0 Å². The molecule has 2 aliphatic heterocycles. The summed E-state index contributed by atoms with van der Waals surface area (Å²) in [6.45, 7) is 0.298. The van der Waals surface area contributed by atoms with Crippen LogP contribution in [0.4, 0.5) is 4.79 Å². The van der Waals surface area contributed by atoms with Gasteiger partial charge in [0, 0.05) is 42.6 Å². The first-order valence-corrected chi connectivity index (χ1v) is 11.8. The lowest BCUT2D eigenvalue weighted by Crippen LogP contribution is -2.52. The quantitative estimate of drug-likeness (QED) is 0.623. The Morgan fingerprint density at radius 2 is 1.65 bits per heavy atom. The van der Waals surface area contributed by atoms with Crippen LogP contribution in [0.5, 0.6) is 0 Å². The highest BCUT2D eigenvalue weighted by Crippen LogP contribution is 2.47. The molecule has 2 bridgehead atoms. The molecular weight excluding hydrogens is 426 g/mol. The molecule has 6 nitrogen and oxygen atoms in total. The van der Waals surface area contributed by atoms with E-state index in [0.717, 1.165) is 12.8 Å². The van der Waals surface area contributed by atoms with Crippen molar-refractivity contribution < 1.29 is 14.6 Å². The van der Waals surface area contributed by atoms with E-state index in [2.05, 4.69) is 29.2 Å². The number of aliphatic hydroxyl groups is 1. The molecule has 6 rings (SSSR count). The summed E-state index contributed by atoms with van der Waals surface area (Å²) in [6.07, 6.45) is 3.88. The Kier molecular flexibility index (Phi) is 4.89. The van der Waals surface area contributed by atoms with Gasteiger partial charge in [0.15, 0.2) is 0 Å². The number of hydrogen-bond acceptors (Lipinski definition) is 5. The van der Waals surface area contributed by atoms with Crippen LogP contribution in [0.1, 0.15) is 54.0 Å². The predicted molar refractivity (Wildman–Crippen MR) is 126 cm³/mol. The summed E-state index contributed by atoms with van der Waals surface area (Å²) in [5.41, 5.74) is 4.78. The number of nitriles is 1. The third-order valence-corrected chi connectivity index (χ3v) is 7.73.